The molecule has 0 aliphatic heterocycles. The molecule has 0 atom stereocenters. The van der Waals surface area contributed by atoms with Crippen molar-refractivity contribution in [2.24, 2.45) is 0 Å². The standard InChI is InChI=1S/C37H22N2S/c1-2-10-23(11-3-1)30-19-20-31-36(38-30)29-18-21-34-35(28-16-8-9-17-33(28)40-34)37(29)39(31)32-22-24-12-4-5-13-25(24)26-14-6-7-15-27(26)32/h1-22H. The van der Waals surface area contributed by atoms with Crippen molar-refractivity contribution >= 4 is 75.0 Å². The number of benzene rings is 6. The van der Waals surface area contributed by atoms with Crippen LogP contribution in [-0.4, -0.2) is 9.55 Å². The Bertz CT molecular complexity index is 2430. The highest BCUT2D eigenvalue weighted by Gasteiger charge is 2.21. The van der Waals surface area contributed by atoms with Gasteiger partial charge < -0.3 is 4.57 Å². The first-order valence-corrected chi connectivity index (χ1v) is 14.4. The van der Waals surface area contributed by atoms with E-state index in [0.717, 1.165) is 22.3 Å². The molecule has 0 aliphatic rings. The van der Waals surface area contributed by atoms with E-state index in [4.69, 9.17) is 4.98 Å². The summed E-state index contributed by atoms with van der Waals surface area (Å²) in [5, 5.41) is 8.80. The molecule has 3 heteroatoms. The van der Waals surface area contributed by atoms with Crippen molar-refractivity contribution in [3.05, 3.63) is 133 Å². The first kappa shape index (κ1) is 21.9. The van der Waals surface area contributed by atoms with Crippen LogP contribution in [0.1, 0.15) is 0 Å². The van der Waals surface area contributed by atoms with Gasteiger partial charge in [-0.15, -0.1) is 11.3 Å². The average molecular weight is 527 g/mol. The van der Waals surface area contributed by atoms with Gasteiger partial charge in [-0.3, -0.25) is 0 Å². The van der Waals surface area contributed by atoms with Gasteiger partial charge in [-0.05, 0) is 52.6 Å². The monoisotopic (exact) mass is 526 g/mol. The third-order valence-electron chi connectivity index (χ3n) is 8.17. The number of aromatic nitrogens is 2. The lowest BCUT2D eigenvalue weighted by Crippen LogP contribution is -1.97. The quantitative estimate of drug-likeness (QED) is 0.205. The Balaban J connectivity index is 1.52. The predicted molar refractivity (Wildman–Crippen MR) is 172 cm³/mol. The van der Waals surface area contributed by atoms with Crippen molar-refractivity contribution in [3.63, 3.8) is 0 Å². The van der Waals surface area contributed by atoms with E-state index in [1.165, 1.54) is 58.3 Å². The van der Waals surface area contributed by atoms with Gasteiger partial charge in [0.25, 0.3) is 0 Å². The summed E-state index contributed by atoms with van der Waals surface area (Å²) in [6.07, 6.45) is 0. The third kappa shape index (κ3) is 3.01. The highest BCUT2D eigenvalue weighted by molar-refractivity contribution is 7.26. The molecule has 2 nitrogen and oxygen atoms in total. The topological polar surface area (TPSA) is 17.8 Å². The van der Waals surface area contributed by atoms with E-state index >= 15 is 0 Å². The Morgan fingerprint density at radius 3 is 2.12 bits per heavy atom. The van der Waals surface area contributed by atoms with Crippen LogP contribution in [0.4, 0.5) is 0 Å². The third-order valence-corrected chi connectivity index (χ3v) is 9.30. The molecule has 0 fully saturated rings. The Hall–Kier alpha value is -4.99. The van der Waals surface area contributed by atoms with Crippen LogP contribution in [0.3, 0.4) is 0 Å². The van der Waals surface area contributed by atoms with Crippen LogP contribution >= 0.6 is 11.3 Å². The summed E-state index contributed by atoms with van der Waals surface area (Å²) in [6.45, 7) is 0. The minimum Gasteiger partial charge on any atom is -0.306 e. The normalized spacial score (nSPS) is 12.0. The van der Waals surface area contributed by atoms with Gasteiger partial charge in [-0.1, -0.05) is 97.1 Å². The van der Waals surface area contributed by atoms with E-state index in [0.29, 0.717) is 0 Å². The smallest absolute Gasteiger partial charge is 0.0971 e. The molecule has 9 rings (SSSR count). The zero-order chi connectivity index (χ0) is 26.2. The molecule has 9 aromatic rings. The first-order chi connectivity index (χ1) is 19.8. The van der Waals surface area contributed by atoms with Crippen molar-refractivity contribution in [1.29, 1.82) is 0 Å². The molecule has 0 radical (unpaired) electrons. The highest BCUT2D eigenvalue weighted by Crippen LogP contribution is 2.44. The molecule has 0 unspecified atom stereocenters. The molecule has 0 bridgehead atoms. The average Bonchev–Trinajstić information content (AvgIpc) is 3.56. The van der Waals surface area contributed by atoms with Gasteiger partial charge in [-0.25, -0.2) is 4.98 Å². The summed E-state index contributed by atoms with van der Waals surface area (Å²) in [6, 6.07) is 48.1. The van der Waals surface area contributed by atoms with E-state index in [1.807, 2.05) is 11.3 Å². The lowest BCUT2D eigenvalue weighted by molar-refractivity contribution is 1.20. The van der Waals surface area contributed by atoms with Gasteiger partial charge in [-0.2, -0.15) is 0 Å². The maximum atomic E-state index is 5.32. The van der Waals surface area contributed by atoms with Gasteiger partial charge in [0.05, 0.1) is 27.9 Å². The highest BCUT2D eigenvalue weighted by atomic mass is 32.1. The number of nitrogens with zero attached hydrogens (tertiary/aromatic N) is 2. The van der Waals surface area contributed by atoms with Crippen molar-refractivity contribution < 1.29 is 0 Å². The van der Waals surface area contributed by atoms with Crippen molar-refractivity contribution in [2.75, 3.05) is 0 Å². The molecule has 0 N–H and O–H groups in total. The number of fused-ring (bicyclic) bond motifs is 10. The van der Waals surface area contributed by atoms with E-state index < -0.39 is 0 Å². The number of hydrogen-bond donors (Lipinski definition) is 0. The van der Waals surface area contributed by atoms with E-state index in [2.05, 4.69) is 138 Å². The zero-order valence-corrected chi connectivity index (χ0v) is 22.3. The van der Waals surface area contributed by atoms with Crippen LogP contribution < -0.4 is 0 Å². The fourth-order valence-corrected chi connectivity index (χ4v) is 7.52. The van der Waals surface area contributed by atoms with Gasteiger partial charge in [0, 0.05) is 36.5 Å². The second-order valence-corrected chi connectivity index (χ2v) is 11.4. The Morgan fingerprint density at radius 2 is 1.25 bits per heavy atom. The number of thiophene rings is 1. The molecule has 0 aliphatic carbocycles. The fraction of sp³-hybridized carbons (Fsp3) is 0. The van der Waals surface area contributed by atoms with Crippen LogP contribution in [0, 0.1) is 0 Å². The van der Waals surface area contributed by atoms with Crippen molar-refractivity contribution in [3.8, 4) is 16.9 Å². The van der Waals surface area contributed by atoms with Gasteiger partial charge in [0.2, 0.25) is 0 Å². The zero-order valence-electron chi connectivity index (χ0n) is 21.5. The molecule has 6 aromatic carbocycles. The second-order valence-electron chi connectivity index (χ2n) is 10.4. The molecule has 0 amide bonds. The van der Waals surface area contributed by atoms with E-state index in [9.17, 15) is 0 Å². The molecule has 3 heterocycles. The maximum Gasteiger partial charge on any atom is 0.0971 e. The Kier molecular flexibility index (Phi) is 4.52. The molecule has 40 heavy (non-hydrogen) atoms. The fourth-order valence-electron chi connectivity index (χ4n) is 6.41. The van der Waals surface area contributed by atoms with Crippen LogP contribution in [-0.2, 0) is 0 Å². The van der Waals surface area contributed by atoms with E-state index in [1.54, 1.807) is 0 Å². The Labute approximate surface area is 234 Å². The summed E-state index contributed by atoms with van der Waals surface area (Å²) in [4.78, 5) is 5.32. The summed E-state index contributed by atoms with van der Waals surface area (Å²) < 4.78 is 5.08. The molecule has 0 saturated heterocycles. The molecular formula is C37H22N2S. The van der Waals surface area contributed by atoms with Gasteiger partial charge in [0.1, 0.15) is 0 Å². The predicted octanol–water partition coefficient (Wildman–Crippen LogP) is 10.5. The van der Waals surface area contributed by atoms with Gasteiger partial charge >= 0.3 is 0 Å². The molecule has 3 aromatic heterocycles. The summed E-state index contributed by atoms with van der Waals surface area (Å²) in [5.74, 6) is 0. The first-order valence-electron chi connectivity index (χ1n) is 13.6. The maximum absolute atomic E-state index is 5.32. The van der Waals surface area contributed by atoms with Crippen LogP contribution in [0.2, 0.25) is 0 Å². The number of pyridine rings is 1. The molecule has 0 saturated carbocycles. The van der Waals surface area contributed by atoms with Crippen LogP contribution in [0.5, 0.6) is 0 Å². The largest absolute Gasteiger partial charge is 0.306 e. The van der Waals surface area contributed by atoms with Crippen molar-refractivity contribution in [1.82, 2.24) is 9.55 Å². The lowest BCUT2D eigenvalue weighted by Gasteiger charge is -2.15. The summed E-state index contributed by atoms with van der Waals surface area (Å²) >= 11 is 1.86. The van der Waals surface area contributed by atoms with Gasteiger partial charge in [0.15, 0.2) is 0 Å². The van der Waals surface area contributed by atoms with Crippen LogP contribution in [0.25, 0.3) is 80.6 Å². The number of rotatable bonds is 2. The Morgan fingerprint density at radius 1 is 0.525 bits per heavy atom. The minimum absolute atomic E-state index is 0.991. The molecular weight excluding hydrogens is 504 g/mol. The van der Waals surface area contributed by atoms with Crippen LogP contribution in [0.15, 0.2) is 133 Å². The molecule has 0 spiro atoms. The van der Waals surface area contributed by atoms with E-state index in [-0.39, 0.29) is 0 Å². The summed E-state index contributed by atoms with van der Waals surface area (Å²) in [5.41, 5.74) is 6.69. The summed E-state index contributed by atoms with van der Waals surface area (Å²) in [7, 11) is 0. The lowest BCUT2D eigenvalue weighted by atomic mass is 10.00. The second kappa shape index (κ2) is 8.25. The number of hydrogen-bond acceptors (Lipinski definition) is 2. The molecule has 186 valence electrons. The SMILES string of the molecule is c1ccc(-c2ccc3c(n2)c2ccc4sc5ccccc5c4c2n3-c2cc3ccccc3c3ccccc23)cc1. The minimum atomic E-state index is 0.991. The van der Waals surface area contributed by atoms with Crippen molar-refractivity contribution in [2.45, 2.75) is 0 Å².